The predicted octanol–water partition coefficient (Wildman–Crippen LogP) is 19.8. The minimum absolute atomic E-state index is 0.0354. The molecule has 8 atom stereocenters. The van der Waals surface area contributed by atoms with Gasteiger partial charge in [-0.25, -0.2) is 4.79 Å². The summed E-state index contributed by atoms with van der Waals surface area (Å²) in [5.41, 5.74) is 5.95. The van der Waals surface area contributed by atoms with Gasteiger partial charge in [0, 0.05) is 6.42 Å². The molecular weight excluding hydrogens is 1040 g/mol. The molecule has 4 aliphatic carbocycles. The van der Waals surface area contributed by atoms with Crippen LogP contribution in [0.15, 0.2) is 109 Å². The van der Waals surface area contributed by atoms with Gasteiger partial charge in [0.1, 0.15) is 29.1 Å². The summed E-state index contributed by atoms with van der Waals surface area (Å²) in [5.74, 6) is 8.01. The van der Waals surface area contributed by atoms with Crippen LogP contribution in [0.5, 0.6) is 23.0 Å². The van der Waals surface area contributed by atoms with Gasteiger partial charge in [0.05, 0.1) is 35.3 Å². The molecule has 3 fully saturated rings. The number of esters is 1. The first-order chi connectivity index (χ1) is 38.4. The minimum atomic E-state index is -3.34. The molecular formula is C69H99NO7Si3. The Balaban J connectivity index is 0.589. The summed E-state index contributed by atoms with van der Waals surface area (Å²) in [5, 5.41) is 0. The van der Waals surface area contributed by atoms with Crippen LogP contribution in [-0.4, -0.2) is 44.1 Å². The van der Waals surface area contributed by atoms with Crippen molar-refractivity contribution >= 4 is 48.5 Å². The molecule has 0 spiro atoms. The average Bonchev–Trinajstić information content (AvgIpc) is 3.80. The number of ether oxygens (including phenoxy) is 2. The number of benzene rings is 4. The molecule has 3 heterocycles. The Morgan fingerprint density at radius 1 is 0.650 bits per heavy atom. The van der Waals surface area contributed by atoms with Gasteiger partial charge in [-0.1, -0.05) is 153 Å². The molecule has 0 aromatic heterocycles. The molecule has 7 aliphatic rings. The second kappa shape index (κ2) is 25.3. The third kappa shape index (κ3) is 13.4. The lowest BCUT2D eigenvalue weighted by Crippen LogP contribution is -2.57. The molecule has 2 bridgehead atoms. The highest BCUT2D eigenvalue weighted by molar-refractivity contribution is 6.85. The van der Waals surface area contributed by atoms with Crippen LogP contribution in [0.1, 0.15) is 173 Å². The highest BCUT2D eigenvalue weighted by Crippen LogP contribution is 2.67. The number of para-hydroxylation sites is 6. The van der Waals surface area contributed by atoms with Gasteiger partial charge in [0.2, 0.25) is 0 Å². The largest absolute Gasteiger partial charge is 0.699 e. The van der Waals surface area contributed by atoms with E-state index in [1.807, 2.05) is 60.7 Å². The number of hydrogen-bond donors (Lipinski definition) is 0. The molecule has 4 aromatic rings. The Morgan fingerprint density at radius 3 is 1.84 bits per heavy atom. The van der Waals surface area contributed by atoms with Crippen LogP contribution in [0.4, 0.5) is 17.1 Å². The van der Waals surface area contributed by atoms with Crippen molar-refractivity contribution in [2.45, 2.75) is 213 Å². The fourth-order valence-corrected chi connectivity index (χ4v) is 29.8. The maximum absolute atomic E-state index is 13.5. The smallest absolute Gasteiger partial charge is 0.494 e. The second-order valence-electron chi connectivity index (χ2n) is 27.7. The van der Waals surface area contributed by atoms with E-state index >= 15 is 0 Å². The average molecular weight is 1140 g/mol. The Hall–Kier alpha value is -4.30. The number of unbranched alkanes of at least 4 members (excludes halogenated alkanes) is 8. The first kappa shape index (κ1) is 58.9. The Kier molecular flexibility index (Phi) is 18.6. The van der Waals surface area contributed by atoms with E-state index in [4.69, 9.17) is 26.9 Å². The molecule has 0 N–H and O–H groups in total. The number of rotatable bonds is 25. The summed E-state index contributed by atoms with van der Waals surface area (Å²) < 4.78 is 40.5. The van der Waals surface area contributed by atoms with Crippen LogP contribution >= 0.6 is 0 Å². The lowest BCUT2D eigenvalue weighted by molar-refractivity contribution is -0.0594. The number of anilines is 3. The zero-order valence-electron chi connectivity index (χ0n) is 50.6. The van der Waals surface area contributed by atoms with Crippen molar-refractivity contribution in [2.24, 2.45) is 46.3 Å². The molecule has 3 aliphatic heterocycles. The normalized spacial score (nSPS) is 25.8. The third-order valence-corrected chi connectivity index (χ3v) is 30.9. The van der Waals surface area contributed by atoms with Crippen molar-refractivity contribution in [3.8, 4) is 23.0 Å². The van der Waals surface area contributed by atoms with Crippen LogP contribution < -0.4 is 22.9 Å². The SMILES string of the molecule is CC(C)CCC[C@@H](C)[C@H]1CC[C@H]2[C@@H]3CC=C4C[C@@H](OC(=O)c5ccc(OCCCCCCCCCCC[Si](C)(C)O[Si](C)(C)CC[Si]67Oc8ccccc8N(c8ccccc8O6)c6ccccc6O7)cc5)CC[C@]4(C)[C@H]3CC[C@]12C. The van der Waals surface area contributed by atoms with Crippen LogP contribution in [0.25, 0.3) is 0 Å². The lowest BCUT2D eigenvalue weighted by atomic mass is 9.47. The van der Waals surface area contributed by atoms with E-state index in [2.05, 4.69) is 108 Å². The summed E-state index contributed by atoms with van der Waals surface area (Å²) in [6, 6.07) is 35.2. The molecule has 4 aromatic carbocycles. The van der Waals surface area contributed by atoms with Crippen LogP contribution in [-0.2, 0) is 8.85 Å². The van der Waals surface area contributed by atoms with Crippen molar-refractivity contribution in [1.82, 2.24) is 0 Å². The van der Waals surface area contributed by atoms with Crippen LogP contribution in [0.3, 0.4) is 0 Å². The maximum Gasteiger partial charge on any atom is 0.699 e. The zero-order valence-corrected chi connectivity index (χ0v) is 53.6. The molecule has 3 saturated carbocycles. The van der Waals surface area contributed by atoms with Gasteiger partial charge in [-0.05, 0) is 197 Å². The van der Waals surface area contributed by atoms with Crippen molar-refractivity contribution < 1.29 is 31.7 Å². The summed E-state index contributed by atoms with van der Waals surface area (Å²) in [4.78, 5) is 15.7. The predicted molar refractivity (Wildman–Crippen MR) is 335 cm³/mol. The van der Waals surface area contributed by atoms with Crippen LogP contribution in [0.2, 0.25) is 44.3 Å². The van der Waals surface area contributed by atoms with Gasteiger partial charge in [0.15, 0.2) is 16.6 Å². The molecule has 11 heteroatoms. The third-order valence-electron chi connectivity index (χ3n) is 20.5. The number of hydrogen-bond acceptors (Lipinski definition) is 8. The molecule has 80 heavy (non-hydrogen) atoms. The Labute approximate surface area is 486 Å². The van der Waals surface area contributed by atoms with Crippen LogP contribution in [0, 0.1) is 46.3 Å². The van der Waals surface area contributed by atoms with Gasteiger partial charge in [0.25, 0.3) is 0 Å². The first-order valence-corrected chi connectivity index (χ1v) is 40.1. The highest BCUT2D eigenvalue weighted by atomic mass is 28.4. The zero-order chi connectivity index (χ0) is 56.1. The van der Waals surface area contributed by atoms with Gasteiger partial charge < -0.3 is 31.8 Å². The number of allylic oxidation sites excluding steroid dienone is 1. The molecule has 0 unspecified atom stereocenters. The molecule has 8 nitrogen and oxygen atoms in total. The highest BCUT2D eigenvalue weighted by Gasteiger charge is 2.60. The molecule has 434 valence electrons. The van der Waals surface area contributed by atoms with Crippen molar-refractivity contribution in [3.05, 3.63) is 114 Å². The second-order valence-corrected chi connectivity index (χ2v) is 39.0. The fraction of sp³-hybridized carbons (Fsp3) is 0.609. The maximum atomic E-state index is 13.5. The summed E-state index contributed by atoms with van der Waals surface area (Å²) in [6.07, 6.45) is 27.8. The van der Waals surface area contributed by atoms with Crippen molar-refractivity contribution in [2.75, 3.05) is 11.5 Å². The Bertz CT molecular complexity index is 2620. The fourth-order valence-electron chi connectivity index (χ4n) is 16.3. The molecule has 0 amide bonds. The lowest BCUT2D eigenvalue weighted by Gasteiger charge is -2.58. The van der Waals surface area contributed by atoms with Crippen molar-refractivity contribution in [1.29, 1.82) is 0 Å². The number of nitrogens with zero attached hydrogens (tertiary/aromatic N) is 1. The minimum Gasteiger partial charge on any atom is -0.494 e. The molecule has 11 rings (SSSR count). The topological polar surface area (TPSA) is 75.7 Å². The summed E-state index contributed by atoms with van der Waals surface area (Å²) in [6.45, 7) is 22.9. The van der Waals surface area contributed by atoms with E-state index in [-0.39, 0.29) is 17.5 Å². The van der Waals surface area contributed by atoms with Crippen molar-refractivity contribution in [3.63, 3.8) is 0 Å². The summed E-state index contributed by atoms with van der Waals surface area (Å²) in [7, 11) is -7.36. The van der Waals surface area contributed by atoms with E-state index < -0.39 is 25.4 Å². The van der Waals surface area contributed by atoms with E-state index in [9.17, 15) is 4.79 Å². The summed E-state index contributed by atoms with van der Waals surface area (Å²) >= 11 is 0. The van der Waals surface area contributed by atoms with E-state index in [0.29, 0.717) is 23.6 Å². The quantitative estimate of drug-likeness (QED) is 0.0281. The monoisotopic (exact) mass is 1140 g/mol. The van der Waals surface area contributed by atoms with Gasteiger partial charge in [-0.3, -0.25) is 0 Å². The molecule has 0 saturated heterocycles. The number of carbonyl (C=O) groups is 1. The van der Waals surface area contributed by atoms with Gasteiger partial charge >= 0.3 is 14.8 Å². The standard InChI is InChI=1S/C69H99NO7Si3/c1-51(2)26-25-27-52(3)58-40-41-59-57-39-36-54-50-56(42-44-68(54,4)60(57)43-45-69(58,59)5)73-67(71)53-34-37-55(38-35-53)72-46-23-15-13-11-10-12-14-16-24-47-78(6,7)77-79(8,9)48-49-80-74-64-31-20-17-28-61(64)70(62-29-18-21-32-65(62)75-80)63-30-19-22-33-66(63)76-80/h17-22,28-38,51-52,56-60H,10-16,23-27,39-50H2,1-9H3/t52-,56+,57+,58-,59+,60+,68+,69-/m1/s1. The van der Waals surface area contributed by atoms with Gasteiger partial charge in [-0.2, -0.15) is 0 Å². The number of carbonyl (C=O) groups excluding carboxylic acids is 1. The molecule has 0 radical (unpaired) electrons. The van der Waals surface area contributed by atoms with E-state index in [0.717, 1.165) is 107 Å². The van der Waals surface area contributed by atoms with E-state index in [1.165, 1.54) is 109 Å². The Morgan fingerprint density at radius 2 is 1.23 bits per heavy atom. The van der Waals surface area contributed by atoms with Gasteiger partial charge in [-0.15, -0.1) is 0 Å². The number of fused-ring (bicyclic) bond motifs is 5. The first-order valence-electron chi connectivity index (χ1n) is 31.9. The van der Waals surface area contributed by atoms with E-state index in [1.54, 1.807) is 5.57 Å².